The largest absolute Gasteiger partial charge is 0.387 e. The van der Waals surface area contributed by atoms with Crippen molar-refractivity contribution in [1.29, 1.82) is 0 Å². The van der Waals surface area contributed by atoms with Crippen LogP contribution in [0.3, 0.4) is 0 Å². The molecule has 2 heterocycles. The number of hydrogen-bond acceptors (Lipinski definition) is 4. The van der Waals surface area contributed by atoms with Gasteiger partial charge in [-0.2, -0.15) is 9.40 Å². The van der Waals surface area contributed by atoms with Gasteiger partial charge >= 0.3 is 0 Å². The molecule has 0 spiro atoms. The molecule has 1 fully saturated rings. The Hall–Kier alpha value is -0.920. The summed E-state index contributed by atoms with van der Waals surface area (Å²) < 4.78 is 25.1. The molecular weight excluding hydrogens is 230 g/mol. The van der Waals surface area contributed by atoms with Crippen LogP contribution in [0.25, 0.3) is 0 Å². The second kappa shape index (κ2) is 3.54. The van der Waals surface area contributed by atoms with E-state index in [0.717, 1.165) is 0 Å². The number of hydrogen-bond donors (Lipinski definition) is 2. The Bertz CT molecular complexity index is 460. The highest BCUT2D eigenvalue weighted by Crippen LogP contribution is 2.32. The number of rotatable bonds is 3. The highest BCUT2D eigenvalue weighted by atomic mass is 32.2. The molecule has 0 atom stereocenters. The zero-order valence-corrected chi connectivity index (χ0v) is 10.0. The van der Waals surface area contributed by atoms with E-state index in [1.807, 2.05) is 13.8 Å². The van der Waals surface area contributed by atoms with E-state index in [1.54, 1.807) is 0 Å². The summed E-state index contributed by atoms with van der Waals surface area (Å²) in [5, 5.41) is 16.1. The summed E-state index contributed by atoms with van der Waals surface area (Å²) >= 11 is 0. The van der Waals surface area contributed by atoms with Crippen molar-refractivity contribution in [2.45, 2.75) is 24.3 Å². The van der Waals surface area contributed by atoms with E-state index in [9.17, 15) is 13.5 Å². The fourth-order valence-corrected chi connectivity index (χ4v) is 3.10. The van der Waals surface area contributed by atoms with Gasteiger partial charge in [-0.15, -0.1) is 0 Å². The molecule has 1 aliphatic heterocycles. The van der Waals surface area contributed by atoms with E-state index in [1.165, 1.54) is 16.7 Å². The van der Waals surface area contributed by atoms with E-state index < -0.39 is 15.6 Å². The van der Waals surface area contributed by atoms with Gasteiger partial charge in [-0.25, -0.2) is 8.42 Å². The van der Waals surface area contributed by atoms with Crippen LogP contribution < -0.4 is 0 Å². The predicted molar refractivity (Wildman–Crippen MR) is 57.1 cm³/mol. The number of aromatic amines is 1. The van der Waals surface area contributed by atoms with Gasteiger partial charge in [0.25, 0.3) is 0 Å². The molecule has 16 heavy (non-hydrogen) atoms. The summed E-state index contributed by atoms with van der Waals surface area (Å²) in [6.45, 7) is 4.06. The number of sulfonamides is 1. The van der Waals surface area contributed by atoms with Crippen LogP contribution in [0.1, 0.15) is 13.8 Å². The van der Waals surface area contributed by atoms with Gasteiger partial charge in [-0.1, -0.05) is 13.8 Å². The monoisotopic (exact) mass is 245 g/mol. The smallest absolute Gasteiger partial charge is 0.246 e. The molecule has 1 aromatic heterocycles. The Morgan fingerprint density at radius 1 is 1.56 bits per heavy atom. The van der Waals surface area contributed by atoms with Gasteiger partial charge in [-0.05, 0) is 5.92 Å². The SMILES string of the molecule is CC(C)C1(O)CN(S(=O)(=O)c2cn[nH]c2)C1. The van der Waals surface area contributed by atoms with Crippen LogP contribution in [0.2, 0.25) is 0 Å². The maximum absolute atomic E-state index is 11.9. The van der Waals surface area contributed by atoms with Crippen molar-refractivity contribution in [2.24, 2.45) is 5.92 Å². The minimum Gasteiger partial charge on any atom is -0.387 e. The predicted octanol–water partition coefficient (Wildman–Crippen LogP) is -0.199. The number of β-amino-alcohol motifs (C(OH)–C–C–N with tert-alkyl or cyclic N) is 1. The average molecular weight is 245 g/mol. The van der Waals surface area contributed by atoms with Crippen LogP contribution in [0.5, 0.6) is 0 Å². The summed E-state index contributed by atoms with van der Waals surface area (Å²) in [5.74, 6) is 0.0447. The first-order valence-corrected chi connectivity index (χ1v) is 6.51. The number of nitrogens with one attached hydrogen (secondary N) is 1. The summed E-state index contributed by atoms with van der Waals surface area (Å²) in [4.78, 5) is 0.137. The highest BCUT2D eigenvalue weighted by Gasteiger charge is 2.49. The summed E-state index contributed by atoms with van der Waals surface area (Å²) in [6.07, 6.45) is 2.60. The topological polar surface area (TPSA) is 86.3 Å². The van der Waals surface area contributed by atoms with Crippen LogP contribution in [0.4, 0.5) is 0 Å². The minimum atomic E-state index is -3.48. The molecule has 2 N–H and O–H groups in total. The van der Waals surface area contributed by atoms with Crippen molar-refractivity contribution >= 4 is 10.0 Å². The lowest BCUT2D eigenvalue weighted by Crippen LogP contribution is -2.65. The normalized spacial score (nSPS) is 21.0. The minimum absolute atomic E-state index is 0.0447. The zero-order chi connectivity index (χ0) is 12.0. The van der Waals surface area contributed by atoms with E-state index >= 15 is 0 Å². The third-order valence-electron chi connectivity index (χ3n) is 3.09. The fraction of sp³-hybridized carbons (Fsp3) is 0.667. The molecule has 1 aromatic rings. The molecule has 0 aromatic carbocycles. The number of H-pyrrole nitrogens is 1. The maximum Gasteiger partial charge on any atom is 0.246 e. The third-order valence-corrected chi connectivity index (χ3v) is 4.84. The van der Waals surface area contributed by atoms with Crippen LogP contribution in [-0.4, -0.2) is 46.7 Å². The Morgan fingerprint density at radius 3 is 2.62 bits per heavy atom. The summed E-state index contributed by atoms with van der Waals surface area (Å²) in [6, 6.07) is 0. The van der Waals surface area contributed by atoms with Crippen LogP contribution in [0.15, 0.2) is 17.3 Å². The van der Waals surface area contributed by atoms with Crippen LogP contribution in [0, 0.1) is 5.92 Å². The van der Waals surface area contributed by atoms with Gasteiger partial charge in [0.05, 0.1) is 11.8 Å². The van der Waals surface area contributed by atoms with Crippen molar-refractivity contribution in [3.8, 4) is 0 Å². The molecule has 2 rings (SSSR count). The average Bonchev–Trinajstić information content (AvgIpc) is 2.65. The van der Waals surface area contributed by atoms with Gasteiger partial charge in [-0.3, -0.25) is 5.10 Å². The highest BCUT2D eigenvalue weighted by molar-refractivity contribution is 7.89. The van der Waals surface area contributed by atoms with E-state index in [-0.39, 0.29) is 23.9 Å². The van der Waals surface area contributed by atoms with Crippen molar-refractivity contribution < 1.29 is 13.5 Å². The number of aromatic nitrogens is 2. The fourth-order valence-electron chi connectivity index (χ4n) is 1.63. The first-order valence-electron chi connectivity index (χ1n) is 5.07. The standard InChI is InChI=1S/C9H15N3O3S/c1-7(2)9(13)5-12(6-9)16(14,15)8-3-10-11-4-8/h3-4,7,13H,5-6H2,1-2H3,(H,10,11). The van der Waals surface area contributed by atoms with Crippen molar-refractivity contribution in [2.75, 3.05) is 13.1 Å². The molecule has 0 unspecified atom stereocenters. The Balaban J connectivity index is 2.14. The van der Waals surface area contributed by atoms with Gasteiger partial charge < -0.3 is 5.11 Å². The Labute approximate surface area is 94.3 Å². The Morgan fingerprint density at radius 2 is 2.19 bits per heavy atom. The quantitative estimate of drug-likeness (QED) is 0.772. The molecule has 0 bridgehead atoms. The summed E-state index contributed by atoms with van der Waals surface area (Å²) in [7, 11) is -3.48. The van der Waals surface area contributed by atoms with Crippen molar-refractivity contribution in [3.05, 3.63) is 12.4 Å². The molecule has 6 nitrogen and oxygen atoms in total. The molecular formula is C9H15N3O3S. The molecule has 0 radical (unpaired) electrons. The van der Waals surface area contributed by atoms with Crippen LogP contribution in [-0.2, 0) is 10.0 Å². The van der Waals surface area contributed by atoms with E-state index in [4.69, 9.17) is 0 Å². The second-order valence-electron chi connectivity index (χ2n) is 4.47. The summed E-state index contributed by atoms with van der Waals surface area (Å²) in [5.41, 5.74) is -0.892. The molecule has 0 amide bonds. The van der Waals surface area contributed by atoms with Crippen LogP contribution >= 0.6 is 0 Å². The lowest BCUT2D eigenvalue weighted by atomic mass is 9.85. The molecule has 1 aliphatic rings. The third kappa shape index (κ3) is 1.64. The maximum atomic E-state index is 11.9. The molecule has 7 heteroatoms. The van der Waals surface area contributed by atoms with E-state index in [0.29, 0.717) is 0 Å². The molecule has 1 saturated heterocycles. The van der Waals surface area contributed by atoms with Crippen molar-refractivity contribution in [3.63, 3.8) is 0 Å². The lowest BCUT2D eigenvalue weighted by Gasteiger charge is -2.47. The van der Waals surface area contributed by atoms with E-state index in [2.05, 4.69) is 10.2 Å². The van der Waals surface area contributed by atoms with Gasteiger partial charge in [0.2, 0.25) is 10.0 Å². The number of aliphatic hydroxyl groups is 1. The molecule has 0 aliphatic carbocycles. The number of nitrogens with zero attached hydrogens (tertiary/aromatic N) is 2. The Kier molecular flexibility index (Phi) is 2.56. The second-order valence-corrected chi connectivity index (χ2v) is 6.40. The van der Waals surface area contributed by atoms with Crippen molar-refractivity contribution in [1.82, 2.24) is 14.5 Å². The van der Waals surface area contributed by atoms with Gasteiger partial charge in [0.1, 0.15) is 4.90 Å². The first-order chi connectivity index (χ1) is 7.36. The van der Waals surface area contributed by atoms with Gasteiger partial charge in [0.15, 0.2) is 0 Å². The zero-order valence-electron chi connectivity index (χ0n) is 9.21. The molecule has 90 valence electrons. The molecule has 0 saturated carbocycles. The first kappa shape index (κ1) is 11.6. The lowest BCUT2D eigenvalue weighted by molar-refractivity contribution is -0.0932. The van der Waals surface area contributed by atoms with Gasteiger partial charge in [0, 0.05) is 19.3 Å².